The average molecular weight is 235 g/mol. The van der Waals surface area contributed by atoms with Crippen molar-refractivity contribution in [3.05, 3.63) is 18.3 Å². The Morgan fingerprint density at radius 1 is 1.41 bits per heavy atom. The number of anilines is 2. The van der Waals surface area contributed by atoms with E-state index in [-0.39, 0.29) is 0 Å². The first kappa shape index (κ1) is 12.1. The van der Waals surface area contributed by atoms with Gasteiger partial charge in [0.05, 0.1) is 11.9 Å². The van der Waals surface area contributed by atoms with Crippen molar-refractivity contribution < 1.29 is 0 Å². The Hall–Kier alpha value is -1.33. The van der Waals surface area contributed by atoms with Gasteiger partial charge in [-0.1, -0.05) is 0 Å². The van der Waals surface area contributed by atoms with Crippen molar-refractivity contribution in [3.8, 4) is 0 Å². The van der Waals surface area contributed by atoms with Crippen LogP contribution in [-0.2, 0) is 0 Å². The van der Waals surface area contributed by atoms with Crippen molar-refractivity contribution >= 4 is 11.5 Å². The minimum absolute atomic E-state index is 0.593. The highest BCUT2D eigenvalue weighted by Gasteiger charge is 2.21. The number of nitrogens with zero attached hydrogens (tertiary/aromatic N) is 3. The first-order chi connectivity index (χ1) is 8.20. The number of pyridine rings is 1. The molecule has 0 amide bonds. The van der Waals surface area contributed by atoms with Gasteiger partial charge in [-0.05, 0) is 45.1 Å². The molecular weight excluding hydrogens is 214 g/mol. The molecule has 94 valence electrons. The maximum Gasteiger partial charge on any atom is 0.128 e. The first-order valence-electron chi connectivity index (χ1n) is 6.05. The SMILES string of the molecule is CN1CCC(N(C)c2ccc(NN)cn2)CC1. The van der Waals surface area contributed by atoms with Gasteiger partial charge in [-0.2, -0.15) is 0 Å². The van der Waals surface area contributed by atoms with Gasteiger partial charge >= 0.3 is 0 Å². The van der Waals surface area contributed by atoms with Crippen molar-refractivity contribution in [1.29, 1.82) is 0 Å². The predicted octanol–water partition coefficient (Wildman–Crippen LogP) is 0.898. The van der Waals surface area contributed by atoms with Crippen LogP contribution in [0.25, 0.3) is 0 Å². The van der Waals surface area contributed by atoms with Gasteiger partial charge in [0.2, 0.25) is 0 Å². The summed E-state index contributed by atoms with van der Waals surface area (Å²) in [6.45, 7) is 2.33. The topological polar surface area (TPSA) is 57.4 Å². The van der Waals surface area contributed by atoms with E-state index in [1.54, 1.807) is 6.20 Å². The summed E-state index contributed by atoms with van der Waals surface area (Å²) in [5.74, 6) is 6.34. The number of aromatic nitrogens is 1. The van der Waals surface area contributed by atoms with Gasteiger partial charge in [-0.25, -0.2) is 4.98 Å². The van der Waals surface area contributed by atoms with Gasteiger partial charge in [0, 0.05) is 13.1 Å². The van der Waals surface area contributed by atoms with E-state index in [1.165, 1.54) is 12.8 Å². The fourth-order valence-corrected chi connectivity index (χ4v) is 2.25. The Morgan fingerprint density at radius 3 is 2.65 bits per heavy atom. The van der Waals surface area contributed by atoms with E-state index < -0.39 is 0 Å². The lowest BCUT2D eigenvalue weighted by atomic mass is 10.0. The average Bonchev–Trinajstić information content (AvgIpc) is 2.39. The molecule has 0 aromatic carbocycles. The van der Waals surface area contributed by atoms with E-state index in [0.717, 1.165) is 24.6 Å². The van der Waals surface area contributed by atoms with Crippen LogP contribution in [0.5, 0.6) is 0 Å². The summed E-state index contributed by atoms with van der Waals surface area (Å²) in [6.07, 6.45) is 4.16. The number of nitrogens with two attached hydrogens (primary N) is 1. The number of rotatable bonds is 3. The van der Waals surface area contributed by atoms with Gasteiger partial charge in [-0.15, -0.1) is 0 Å². The number of piperidine rings is 1. The molecule has 3 N–H and O–H groups in total. The van der Waals surface area contributed by atoms with Crippen LogP contribution in [0, 0.1) is 0 Å². The number of hydrogen-bond acceptors (Lipinski definition) is 5. The van der Waals surface area contributed by atoms with Crippen molar-refractivity contribution in [2.24, 2.45) is 5.84 Å². The molecule has 1 aliphatic heterocycles. The summed E-state index contributed by atoms with van der Waals surface area (Å²) in [6, 6.07) is 4.55. The zero-order chi connectivity index (χ0) is 12.3. The first-order valence-corrected chi connectivity index (χ1v) is 6.05. The number of nitrogens with one attached hydrogen (secondary N) is 1. The van der Waals surface area contributed by atoms with Gasteiger partial charge in [-0.3, -0.25) is 5.84 Å². The number of nitrogen functional groups attached to an aromatic ring is 1. The van der Waals surface area contributed by atoms with Crippen molar-refractivity contribution in [2.75, 3.05) is 37.5 Å². The normalized spacial score (nSPS) is 18.1. The zero-order valence-electron chi connectivity index (χ0n) is 10.6. The molecule has 0 bridgehead atoms. The summed E-state index contributed by atoms with van der Waals surface area (Å²) < 4.78 is 0. The molecule has 1 aromatic heterocycles. The maximum absolute atomic E-state index is 5.32. The molecule has 1 aliphatic rings. The standard InChI is InChI=1S/C12H21N5/c1-16-7-5-11(6-8-16)17(2)12-4-3-10(15-13)9-14-12/h3-4,9,11,15H,5-8,13H2,1-2H3. The molecular formula is C12H21N5. The van der Waals surface area contributed by atoms with Gasteiger partial charge < -0.3 is 15.2 Å². The quantitative estimate of drug-likeness (QED) is 0.602. The Kier molecular flexibility index (Phi) is 3.81. The second kappa shape index (κ2) is 5.33. The second-order valence-electron chi connectivity index (χ2n) is 4.69. The third-order valence-corrected chi connectivity index (χ3v) is 3.51. The van der Waals surface area contributed by atoms with Crippen molar-refractivity contribution in [1.82, 2.24) is 9.88 Å². The second-order valence-corrected chi connectivity index (χ2v) is 4.69. The Bertz CT molecular complexity index is 342. The lowest BCUT2D eigenvalue weighted by Gasteiger charge is -2.35. The summed E-state index contributed by atoms with van der Waals surface area (Å²) in [4.78, 5) is 9.06. The lowest BCUT2D eigenvalue weighted by molar-refractivity contribution is 0.252. The predicted molar refractivity (Wildman–Crippen MR) is 71.0 cm³/mol. The fourth-order valence-electron chi connectivity index (χ4n) is 2.25. The summed E-state index contributed by atoms with van der Waals surface area (Å²) in [5, 5.41) is 0. The molecule has 0 saturated carbocycles. The molecule has 0 aliphatic carbocycles. The molecule has 5 nitrogen and oxygen atoms in total. The van der Waals surface area contributed by atoms with E-state index >= 15 is 0 Å². The Balaban J connectivity index is 2.00. The largest absolute Gasteiger partial charge is 0.357 e. The molecule has 2 heterocycles. The van der Waals surface area contributed by atoms with Crippen LogP contribution in [0.15, 0.2) is 18.3 Å². The van der Waals surface area contributed by atoms with Crippen LogP contribution < -0.4 is 16.2 Å². The smallest absolute Gasteiger partial charge is 0.128 e. The van der Waals surface area contributed by atoms with E-state index in [1.807, 2.05) is 12.1 Å². The molecule has 17 heavy (non-hydrogen) atoms. The minimum Gasteiger partial charge on any atom is -0.357 e. The monoisotopic (exact) mass is 235 g/mol. The molecule has 1 saturated heterocycles. The highest BCUT2D eigenvalue weighted by molar-refractivity contribution is 5.48. The van der Waals surface area contributed by atoms with Crippen LogP contribution in [-0.4, -0.2) is 43.1 Å². The molecule has 1 aromatic rings. The summed E-state index contributed by atoms with van der Waals surface area (Å²) in [7, 11) is 4.30. The van der Waals surface area contributed by atoms with Crippen LogP contribution in [0.3, 0.4) is 0 Å². The molecule has 0 radical (unpaired) electrons. The van der Waals surface area contributed by atoms with Gasteiger partial charge in [0.1, 0.15) is 5.82 Å². The van der Waals surface area contributed by atoms with Crippen LogP contribution in [0.1, 0.15) is 12.8 Å². The fraction of sp³-hybridized carbons (Fsp3) is 0.583. The molecule has 1 fully saturated rings. The molecule has 5 heteroatoms. The Labute approximate surface area is 103 Å². The summed E-state index contributed by atoms with van der Waals surface area (Å²) >= 11 is 0. The third kappa shape index (κ3) is 2.87. The van der Waals surface area contributed by atoms with Crippen molar-refractivity contribution in [2.45, 2.75) is 18.9 Å². The van der Waals surface area contributed by atoms with Crippen molar-refractivity contribution in [3.63, 3.8) is 0 Å². The zero-order valence-corrected chi connectivity index (χ0v) is 10.6. The molecule has 0 atom stereocenters. The lowest BCUT2D eigenvalue weighted by Crippen LogP contribution is -2.42. The Morgan fingerprint density at radius 2 is 2.12 bits per heavy atom. The van der Waals surface area contributed by atoms with E-state index in [0.29, 0.717) is 6.04 Å². The van der Waals surface area contributed by atoms with Crippen LogP contribution in [0.4, 0.5) is 11.5 Å². The van der Waals surface area contributed by atoms with Crippen LogP contribution >= 0.6 is 0 Å². The minimum atomic E-state index is 0.593. The highest BCUT2D eigenvalue weighted by atomic mass is 15.2. The number of hydrazine groups is 1. The molecule has 0 spiro atoms. The molecule has 2 rings (SSSR count). The third-order valence-electron chi connectivity index (χ3n) is 3.51. The van der Waals surface area contributed by atoms with E-state index in [9.17, 15) is 0 Å². The molecule has 0 unspecified atom stereocenters. The number of hydrogen-bond donors (Lipinski definition) is 2. The van der Waals surface area contributed by atoms with E-state index in [4.69, 9.17) is 5.84 Å². The van der Waals surface area contributed by atoms with Gasteiger partial charge in [0.25, 0.3) is 0 Å². The van der Waals surface area contributed by atoms with Crippen LogP contribution in [0.2, 0.25) is 0 Å². The van der Waals surface area contributed by atoms with Gasteiger partial charge in [0.15, 0.2) is 0 Å². The highest BCUT2D eigenvalue weighted by Crippen LogP contribution is 2.20. The number of likely N-dealkylation sites (tertiary alicyclic amines) is 1. The summed E-state index contributed by atoms with van der Waals surface area (Å²) in [5.41, 5.74) is 3.43. The maximum atomic E-state index is 5.32. The van der Waals surface area contributed by atoms with E-state index in [2.05, 4.69) is 34.3 Å².